The molecule has 3 fully saturated rings. The van der Waals surface area contributed by atoms with E-state index in [1.807, 2.05) is 33.8 Å². The lowest BCUT2D eigenvalue weighted by atomic mass is 9.78. The molecule has 1 heterocycles. The van der Waals surface area contributed by atoms with E-state index in [1.165, 1.54) is 13.8 Å². The van der Waals surface area contributed by atoms with Crippen molar-refractivity contribution in [2.24, 2.45) is 23.2 Å². The van der Waals surface area contributed by atoms with E-state index in [2.05, 4.69) is 0 Å². The van der Waals surface area contributed by atoms with E-state index in [4.69, 9.17) is 18.9 Å². The van der Waals surface area contributed by atoms with E-state index in [9.17, 15) is 19.2 Å². The third-order valence-electron chi connectivity index (χ3n) is 9.05. The maximum Gasteiger partial charge on any atom is 0.333 e. The minimum Gasteiger partial charge on any atom is -0.459 e. The predicted octanol–water partition coefficient (Wildman–Crippen LogP) is 3.86. The highest BCUT2D eigenvalue weighted by Crippen LogP contribution is 2.73. The molecule has 0 aromatic carbocycles. The van der Waals surface area contributed by atoms with Crippen molar-refractivity contribution in [3.63, 3.8) is 0 Å². The van der Waals surface area contributed by atoms with Crippen LogP contribution < -0.4 is 0 Å². The Bertz CT molecular complexity index is 1090. The maximum absolute atomic E-state index is 14.3. The molecule has 8 atom stereocenters. The fourth-order valence-corrected chi connectivity index (χ4v) is 7.44. The molecule has 36 heavy (non-hydrogen) atoms. The van der Waals surface area contributed by atoms with Crippen LogP contribution in [0.1, 0.15) is 75.2 Å². The van der Waals surface area contributed by atoms with E-state index in [0.29, 0.717) is 18.4 Å². The minimum atomic E-state index is -1.17. The number of hydrogen-bond acceptors (Lipinski definition) is 8. The summed E-state index contributed by atoms with van der Waals surface area (Å²) in [6.07, 6.45) is 3.08. The van der Waals surface area contributed by atoms with Gasteiger partial charge in [-0.25, -0.2) is 4.79 Å². The van der Waals surface area contributed by atoms with E-state index in [-0.39, 0.29) is 11.7 Å². The second-order valence-electron chi connectivity index (χ2n) is 11.7. The van der Waals surface area contributed by atoms with Crippen LogP contribution in [0, 0.1) is 23.2 Å². The monoisotopic (exact) mass is 502 g/mol. The molecular weight excluding hydrogens is 464 g/mol. The van der Waals surface area contributed by atoms with Gasteiger partial charge in [-0.05, 0) is 39.2 Å². The highest BCUT2D eigenvalue weighted by Gasteiger charge is 2.87. The number of Topliss-reactive ketones (excluding diaryl/α,β-unsaturated/α-hetero) is 1. The zero-order valence-electron chi connectivity index (χ0n) is 22.7. The number of ketones is 1. The van der Waals surface area contributed by atoms with Gasteiger partial charge in [-0.1, -0.05) is 39.3 Å². The molecule has 0 amide bonds. The van der Waals surface area contributed by atoms with Crippen LogP contribution in [-0.4, -0.2) is 52.7 Å². The molecule has 8 nitrogen and oxygen atoms in total. The summed E-state index contributed by atoms with van der Waals surface area (Å²) < 4.78 is 24.0. The molecule has 2 saturated carbocycles. The molecule has 1 saturated heterocycles. The van der Waals surface area contributed by atoms with Crippen LogP contribution >= 0.6 is 0 Å². The fraction of sp³-hybridized carbons (Fsp3) is 0.714. The number of fused-ring (bicyclic) bond motifs is 1. The molecule has 5 unspecified atom stereocenters. The lowest BCUT2D eigenvalue weighted by Crippen LogP contribution is -2.46. The van der Waals surface area contributed by atoms with Gasteiger partial charge in [-0.15, -0.1) is 0 Å². The van der Waals surface area contributed by atoms with Gasteiger partial charge in [0.15, 0.2) is 17.0 Å². The Hall–Kier alpha value is -2.48. The van der Waals surface area contributed by atoms with Gasteiger partial charge in [0.05, 0.1) is 5.92 Å². The lowest BCUT2D eigenvalue weighted by molar-refractivity contribution is -0.161. The zero-order chi connectivity index (χ0) is 27.0. The van der Waals surface area contributed by atoms with Gasteiger partial charge >= 0.3 is 17.9 Å². The van der Waals surface area contributed by atoms with Crippen molar-refractivity contribution in [2.45, 2.75) is 104 Å². The van der Waals surface area contributed by atoms with Crippen LogP contribution in [0.15, 0.2) is 23.3 Å². The first kappa shape index (κ1) is 26.6. The van der Waals surface area contributed by atoms with E-state index in [0.717, 1.165) is 5.57 Å². The molecule has 0 spiro atoms. The standard InChI is InChI=1S/C28H38O8/c1-10-15(3)24(32)34-20-11-14(2)12-27-23(33-18(6)29)16(4)13-26(27,36-27)22(31)17(5)28(35-19(7)30)21(20)25(28,8)9/h10,12,16-17,20-21,23H,11,13H2,1-9H3/b14-12+,15-10+/t16-,17?,20?,21?,23?,26-,27-,28?/m0/s1. The van der Waals surface area contributed by atoms with Gasteiger partial charge in [0.2, 0.25) is 0 Å². The fourth-order valence-electron chi connectivity index (χ4n) is 7.44. The van der Waals surface area contributed by atoms with Gasteiger partial charge in [-0.2, -0.15) is 0 Å². The summed E-state index contributed by atoms with van der Waals surface area (Å²) in [5.74, 6) is -2.80. The van der Waals surface area contributed by atoms with Gasteiger partial charge in [0.25, 0.3) is 0 Å². The van der Waals surface area contributed by atoms with Gasteiger partial charge in [-0.3, -0.25) is 14.4 Å². The van der Waals surface area contributed by atoms with Crippen LogP contribution in [0.4, 0.5) is 0 Å². The summed E-state index contributed by atoms with van der Waals surface area (Å²) in [4.78, 5) is 51.5. The Kier molecular flexibility index (Phi) is 6.10. The van der Waals surface area contributed by atoms with E-state index < -0.39 is 64.2 Å². The Morgan fingerprint density at radius 3 is 2.28 bits per heavy atom. The average molecular weight is 503 g/mol. The number of epoxide rings is 1. The molecule has 4 rings (SSSR count). The molecule has 1 aliphatic heterocycles. The number of allylic oxidation sites excluding steroid dienone is 1. The number of rotatable bonds is 4. The second kappa shape index (κ2) is 8.27. The van der Waals surface area contributed by atoms with Crippen molar-refractivity contribution >= 4 is 23.7 Å². The number of ether oxygens (including phenoxy) is 4. The van der Waals surface area contributed by atoms with E-state index >= 15 is 0 Å². The van der Waals surface area contributed by atoms with E-state index in [1.54, 1.807) is 26.8 Å². The van der Waals surface area contributed by atoms with Crippen molar-refractivity contribution in [1.82, 2.24) is 0 Å². The summed E-state index contributed by atoms with van der Waals surface area (Å²) in [7, 11) is 0. The SMILES string of the molecule is C/C=C(\C)C(=O)OC1C/C(C)=C/[C@@]23O[C@@]2(C[C@H](C)C3OC(C)=O)C(=O)C(C)C2(OC(C)=O)C1C2(C)C. The lowest BCUT2D eigenvalue weighted by Gasteiger charge is -2.30. The van der Waals surface area contributed by atoms with Crippen molar-refractivity contribution in [3.8, 4) is 0 Å². The van der Waals surface area contributed by atoms with Crippen LogP contribution in [0.25, 0.3) is 0 Å². The molecule has 0 aromatic rings. The quantitative estimate of drug-likeness (QED) is 0.187. The van der Waals surface area contributed by atoms with Crippen LogP contribution in [-0.2, 0) is 38.1 Å². The number of carbonyl (C=O) groups excluding carboxylic acids is 4. The number of hydrogen-bond donors (Lipinski definition) is 0. The first-order chi connectivity index (χ1) is 16.6. The largest absolute Gasteiger partial charge is 0.459 e. The van der Waals surface area contributed by atoms with Crippen molar-refractivity contribution < 1.29 is 38.1 Å². The Labute approximate surface area is 212 Å². The summed E-state index contributed by atoms with van der Waals surface area (Å²) in [6, 6.07) is 0. The number of esters is 3. The molecule has 0 bridgehead atoms. The minimum absolute atomic E-state index is 0.109. The molecular formula is C28H38O8. The summed E-state index contributed by atoms with van der Waals surface area (Å²) in [5, 5.41) is 0. The Morgan fingerprint density at radius 2 is 1.72 bits per heavy atom. The van der Waals surface area contributed by atoms with Gasteiger partial charge in [0.1, 0.15) is 17.8 Å². The second-order valence-corrected chi connectivity index (χ2v) is 11.7. The first-order valence-electron chi connectivity index (χ1n) is 12.7. The van der Waals surface area contributed by atoms with Crippen LogP contribution in [0.2, 0.25) is 0 Å². The predicted molar refractivity (Wildman–Crippen MR) is 130 cm³/mol. The van der Waals surface area contributed by atoms with Crippen molar-refractivity contribution in [1.29, 1.82) is 0 Å². The van der Waals surface area contributed by atoms with Crippen molar-refractivity contribution in [2.75, 3.05) is 0 Å². The third kappa shape index (κ3) is 3.43. The van der Waals surface area contributed by atoms with Crippen LogP contribution in [0.5, 0.6) is 0 Å². The summed E-state index contributed by atoms with van der Waals surface area (Å²) in [6.45, 7) is 15.6. The molecule has 0 radical (unpaired) electrons. The third-order valence-corrected chi connectivity index (χ3v) is 9.05. The molecule has 0 N–H and O–H groups in total. The molecule has 198 valence electrons. The maximum atomic E-state index is 14.3. The molecule has 4 aliphatic rings. The summed E-state index contributed by atoms with van der Waals surface area (Å²) in [5.41, 5.74) is -2.74. The summed E-state index contributed by atoms with van der Waals surface area (Å²) >= 11 is 0. The van der Waals surface area contributed by atoms with Gasteiger partial charge in [0, 0.05) is 37.2 Å². The highest BCUT2D eigenvalue weighted by molar-refractivity contribution is 5.97. The van der Waals surface area contributed by atoms with Crippen molar-refractivity contribution in [3.05, 3.63) is 23.3 Å². The normalized spacial score (nSPS) is 44.1. The molecule has 3 aliphatic carbocycles. The first-order valence-corrected chi connectivity index (χ1v) is 12.7. The Morgan fingerprint density at radius 1 is 1.08 bits per heavy atom. The molecule has 0 aromatic heterocycles. The highest BCUT2D eigenvalue weighted by atomic mass is 16.7. The van der Waals surface area contributed by atoms with Crippen LogP contribution in [0.3, 0.4) is 0 Å². The zero-order valence-corrected chi connectivity index (χ0v) is 22.7. The Balaban J connectivity index is 1.86. The molecule has 8 heteroatoms. The topological polar surface area (TPSA) is 108 Å². The smallest absolute Gasteiger partial charge is 0.333 e. The average Bonchev–Trinajstić information content (AvgIpc) is 3.52. The van der Waals surface area contributed by atoms with Gasteiger partial charge < -0.3 is 18.9 Å². The number of carbonyl (C=O) groups is 4.